The molecular formula is C23H22ClN3O3. The van der Waals surface area contributed by atoms with Crippen molar-refractivity contribution in [3.05, 3.63) is 65.1 Å². The van der Waals surface area contributed by atoms with Crippen LogP contribution in [0.3, 0.4) is 0 Å². The van der Waals surface area contributed by atoms with Crippen LogP contribution in [0.15, 0.2) is 53.3 Å². The number of pyridine rings is 1. The van der Waals surface area contributed by atoms with Crippen LogP contribution in [0.2, 0.25) is 5.02 Å². The fraction of sp³-hybridized carbons (Fsp3) is 0.348. The Kier molecular flexibility index (Phi) is 4.95. The molecule has 0 saturated carbocycles. The van der Waals surface area contributed by atoms with Crippen molar-refractivity contribution in [2.75, 3.05) is 0 Å². The first-order chi connectivity index (χ1) is 14.6. The standard InChI is InChI=1S/C23H22ClN3O3/c1-14-21(22(26-30-14)19-4-2-3-5-20(19)24)23(28)27-15-6-7-16(27)13-18(12-15)29-17-8-10-25-11-9-17/h2-5,8-11,15-16,18H,6-7,12-13H2,1H3. The third-order valence-electron chi connectivity index (χ3n) is 6.08. The van der Waals surface area contributed by atoms with Crippen LogP contribution in [0.5, 0.6) is 5.75 Å². The Bertz CT molecular complexity index is 1050. The summed E-state index contributed by atoms with van der Waals surface area (Å²) in [5.74, 6) is 1.31. The average Bonchev–Trinajstić information content (AvgIpc) is 3.26. The van der Waals surface area contributed by atoms with Crippen LogP contribution >= 0.6 is 11.6 Å². The lowest BCUT2D eigenvalue weighted by molar-refractivity contribution is 0.0358. The van der Waals surface area contributed by atoms with E-state index >= 15 is 0 Å². The number of benzene rings is 1. The Balaban J connectivity index is 1.40. The number of hydrogen-bond donors (Lipinski definition) is 0. The molecular weight excluding hydrogens is 402 g/mol. The number of hydrogen-bond acceptors (Lipinski definition) is 5. The molecule has 5 rings (SSSR count). The lowest BCUT2D eigenvalue weighted by Gasteiger charge is -2.39. The van der Waals surface area contributed by atoms with E-state index in [1.165, 1.54) is 0 Å². The molecule has 7 heteroatoms. The molecule has 2 aliphatic rings. The van der Waals surface area contributed by atoms with Gasteiger partial charge in [-0.2, -0.15) is 0 Å². The van der Waals surface area contributed by atoms with Gasteiger partial charge < -0.3 is 14.2 Å². The predicted molar refractivity (Wildman–Crippen MR) is 113 cm³/mol. The van der Waals surface area contributed by atoms with E-state index < -0.39 is 0 Å². The van der Waals surface area contributed by atoms with Gasteiger partial charge >= 0.3 is 0 Å². The van der Waals surface area contributed by atoms with E-state index in [-0.39, 0.29) is 24.1 Å². The molecule has 0 spiro atoms. The van der Waals surface area contributed by atoms with Gasteiger partial charge in [-0.1, -0.05) is 35.0 Å². The van der Waals surface area contributed by atoms with Gasteiger partial charge in [-0.25, -0.2) is 0 Å². The zero-order valence-corrected chi connectivity index (χ0v) is 17.4. The molecule has 2 saturated heterocycles. The second kappa shape index (κ2) is 7.76. The molecule has 2 aliphatic heterocycles. The first kappa shape index (κ1) is 19.1. The highest BCUT2D eigenvalue weighted by atomic mass is 35.5. The molecule has 30 heavy (non-hydrogen) atoms. The number of halogens is 1. The van der Waals surface area contributed by atoms with Crippen LogP contribution in [0, 0.1) is 6.92 Å². The smallest absolute Gasteiger partial charge is 0.260 e. The Morgan fingerprint density at radius 3 is 2.53 bits per heavy atom. The van der Waals surface area contributed by atoms with Crippen LogP contribution in [0.1, 0.15) is 41.8 Å². The highest BCUT2D eigenvalue weighted by Gasteiger charge is 2.45. The fourth-order valence-electron chi connectivity index (χ4n) is 4.75. The van der Waals surface area contributed by atoms with Gasteiger partial charge in [0.05, 0.1) is 5.02 Å². The summed E-state index contributed by atoms with van der Waals surface area (Å²) >= 11 is 6.37. The molecule has 2 atom stereocenters. The molecule has 154 valence electrons. The minimum Gasteiger partial charge on any atom is -0.490 e. The van der Waals surface area contributed by atoms with E-state index in [0.29, 0.717) is 27.6 Å². The minimum atomic E-state index is -0.0291. The molecule has 2 unspecified atom stereocenters. The maximum Gasteiger partial charge on any atom is 0.260 e. The van der Waals surface area contributed by atoms with Crippen molar-refractivity contribution in [3.8, 4) is 17.0 Å². The molecule has 4 heterocycles. The molecule has 0 radical (unpaired) electrons. The number of nitrogens with zero attached hydrogens (tertiary/aromatic N) is 3. The molecule has 1 aromatic carbocycles. The van der Waals surface area contributed by atoms with Crippen LogP contribution in [-0.4, -0.2) is 39.1 Å². The fourth-order valence-corrected chi connectivity index (χ4v) is 4.98. The second-order valence-electron chi connectivity index (χ2n) is 7.93. The molecule has 6 nitrogen and oxygen atoms in total. The Hall–Kier alpha value is -2.86. The number of aryl methyl sites for hydroxylation is 1. The van der Waals surface area contributed by atoms with Crippen LogP contribution in [0.25, 0.3) is 11.3 Å². The molecule has 2 bridgehead atoms. The number of fused-ring (bicyclic) bond motifs is 2. The van der Waals surface area contributed by atoms with Gasteiger partial charge in [0.15, 0.2) is 0 Å². The summed E-state index contributed by atoms with van der Waals surface area (Å²) in [6.07, 6.45) is 7.16. The quantitative estimate of drug-likeness (QED) is 0.596. The van der Waals surface area contributed by atoms with E-state index in [4.69, 9.17) is 20.9 Å². The molecule has 3 aromatic rings. The minimum absolute atomic E-state index is 0.0291. The lowest BCUT2D eigenvalue weighted by Crippen LogP contribution is -2.49. The number of ether oxygens (including phenoxy) is 1. The van der Waals surface area contributed by atoms with Crippen molar-refractivity contribution in [1.82, 2.24) is 15.0 Å². The van der Waals surface area contributed by atoms with Gasteiger partial charge in [-0.3, -0.25) is 9.78 Å². The summed E-state index contributed by atoms with van der Waals surface area (Å²) in [5, 5.41) is 4.71. The number of rotatable bonds is 4. The van der Waals surface area contributed by atoms with Gasteiger partial charge in [0.25, 0.3) is 5.91 Å². The number of aromatic nitrogens is 2. The Labute approximate surface area is 179 Å². The van der Waals surface area contributed by atoms with E-state index in [1.807, 2.05) is 35.2 Å². The van der Waals surface area contributed by atoms with E-state index in [9.17, 15) is 4.79 Å². The van der Waals surface area contributed by atoms with Gasteiger partial charge in [0.1, 0.15) is 28.9 Å². The van der Waals surface area contributed by atoms with Gasteiger partial charge in [0, 0.05) is 42.9 Å². The Morgan fingerprint density at radius 2 is 1.83 bits per heavy atom. The predicted octanol–water partition coefficient (Wildman–Crippen LogP) is 4.91. The van der Waals surface area contributed by atoms with Crippen molar-refractivity contribution in [2.24, 2.45) is 0 Å². The SMILES string of the molecule is Cc1onc(-c2ccccc2Cl)c1C(=O)N1C2CCC1CC(Oc1ccncc1)C2. The highest BCUT2D eigenvalue weighted by molar-refractivity contribution is 6.33. The largest absolute Gasteiger partial charge is 0.490 e. The van der Waals surface area contributed by atoms with Crippen molar-refractivity contribution in [1.29, 1.82) is 0 Å². The first-order valence-electron chi connectivity index (χ1n) is 10.2. The third kappa shape index (κ3) is 3.35. The summed E-state index contributed by atoms with van der Waals surface area (Å²) in [6, 6.07) is 11.4. The van der Waals surface area contributed by atoms with Crippen LogP contribution in [0.4, 0.5) is 0 Å². The number of carbonyl (C=O) groups excluding carboxylic acids is 1. The monoisotopic (exact) mass is 423 g/mol. The van der Waals surface area contributed by atoms with Crippen molar-refractivity contribution in [3.63, 3.8) is 0 Å². The van der Waals surface area contributed by atoms with E-state index in [2.05, 4.69) is 10.1 Å². The second-order valence-corrected chi connectivity index (χ2v) is 8.34. The van der Waals surface area contributed by atoms with Crippen molar-refractivity contribution in [2.45, 2.75) is 50.8 Å². The number of carbonyl (C=O) groups is 1. The topological polar surface area (TPSA) is 68.5 Å². The van der Waals surface area contributed by atoms with Crippen LogP contribution < -0.4 is 4.74 Å². The normalized spacial score (nSPS) is 22.9. The zero-order valence-electron chi connectivity index (χ0n) is 16.6. The van der Waals surface area contributed by atoms with Gasteiger partial charge in [0.2, 0.25) is 0 Å². The number of piperidine rings is 1. The molecule has 0 N–H and O–H groups in total. The summed E-state index contributed by atoms with van der Waals surface area (Å²) in [4.78, 5) is 19.7. The summed E-state index contributed by atoms with van der Waals surface area (Å²) in [7, 11) is 0. The molecule has 0 aliphatic carbocycles. The summed E-state index contributed by atoms with van der Waals surface area (Å²) < 4.78 is 11.6. The average molecular weight is 424 g/mol. The summed E-state index contributed by atoms with van der Waals surface area (Å²) in [6.45, 7) is 1.78. The lowest BCUT2D eigenvalue weighted by atomic mass is 9.97. The maximum atomic E-state index is 13.6. The van der Waals surface area contributed by atoms with Crippen molar-refractivity contribution >= 4 is 17.5 Å². The first-order valence-corrected chi connectivity index (χ1v) is 10.6. The molecule has 2 aromatic heterocycles. The molecule has 1 amide bonds. The van der Waals surface area contributed by atoms with E-state index in [1.54, 1.807) is 25.4 Å². The molecule has 2 fully saturated rings. The summed E-state index contributed by atoms with van der Waals surface area (Å²) in [5.41, 5.74) is 1.73. The van der Waals surface area contributed by atoms with Gasteiger partial charge in [-0.15, -0.1) is 0 Å². The Morgan fingerprint density at radius 1 is 1.13 bits per heavy atom. The van der Waals surface area contributed by atoms with Crippen LogP contribution in [-0.2, 0) is 0 Å². The number of amides is 1. The van der Waals surface area contributed by atoms with E-state index in [0.717, 1.165) is 31.4 Å². The van der Waals surface area contributed by atoms with Gasteiger partial charge in [-0.05, 0) is 38.0 Å². The highest BCUT2D eigenvalue weighted by Crippen LogP contribution is 2.40. The van der Waals surface area contributed by atoms with Crippen molar-refractivity contribution < 1.29 is 14.1 Å². The zero-order chi connectivity index (χ0) is 20.7. The maximum absolute atomic E-state index is 13.6. The third-order valence-corrected chi connectivity index (χ3v) is 6.41.